The minimum Gasteiger partial charge on any atom is -0.351 e. The summed E-state index contributed by atoms with van der Waals surface area (Å²) in [6, 6.07) is 1.71. The average molecular weight is 237 g/mol. The van der Waals surface area contributed by atoms with Crippen LogP contribution in [0.4, 0.5) is 10.2 Å². The summed E-state index contributed by atoms with van der Waals surface area (Å²) in [5.74, 6) is 0.167. The highest BCUT2D eigenvalue weighted by atomic mass is 19.1. The van der Waals surface area contributed by atoms with Crippen molar-refractivity contribution in [2.75, 3.05) is 24.5 Å². The molecule has 1 rings (SSSR count). The topological polar surface area (TPSA) is 28.2 Å². The van der Waals surface area contributed by atoms with Crippen molar-refractivity contribution >= 4 is 5.82 Å². The summed E-state index contributed by atoms with van der Waals surface area (Å²) in [6.45, 7) is 10.3. The Balaban J connectivity index is 2.95. The summed E-state index contributed by atoms with van der Waals surface area (Å²) in [4.78, 5) is 5.97. The monoisotopic (exact) mass is 237 g/mol. The molecule has 1 aromatic rings. The zero-order valence-corrected chi connectivity index (χ0v) is 10.5. The maximum atomic E-state index is 14.2. The van der Waals surface area contributed by atoms with Crippen LogP contribution in [0.15, 0.2) is 24.9 Å². The molecule has 0 saturated carbocycles. The molecule has 0 fully saturated rings. The summed E-state index contributed by atoms with van der Waals surface area (Å²) in [5, 5.41) is 3.12. The van der Waals surface area contributed by atoms with E-state index in [1.54, 1.807) is 18.3 Å². The van der Waals surface area contributed by atoms with Gasteiger partial charge in [-0.3, -0.25) is 0 Å². The molecule has 0 atom stereocenters. The third-order valence-electron chi connectivity index (χ3n) is 2.55. The van der Waals surface area contributed by atoms with E-state index in [2.05, 4.69) is 16.9 Å². The van der Waals surface area contributed by atoms with Crippen LogP contribution < -0.4 is 10.2 Å². The second-order valence-corrected chi connectivity index (χ2v) is 3.72. The van der Waals surface area contributed by atoms with Gasteiger partial charge in [0.15, 0.2) is 11.6 Å². The van der Waals surface area contributed by atoms with Gasteiger partial charge in [-0.05, 0) is 19.5 Å². The fourth-order valence-electron chi connectivity index (χ4n) is 1.61. The molecule has 0 aliphatic carbocycles. The Bertz CT molecular complexity index is 366. The van der Waals surface area contributed by atoms with Crippen LogP contribution in [0.1, 0.15) is 19.4 Å². The first-order chi connectivity index (χ1) is 8.24. The van der Waals surface area contributed by atoms with Gasteiger partial charge in [-0.25, -0.2) is 9.37 Å². The number of aromatic nitrogens is 1. The first-order valence-electron chi connectivity index (χ1n) is 5.94. The van der Waals surface area contributed by atoms with Crippen LogP contribution >= 0.6 is 0 Å². The first-order valence-corrected chi connectivity index (χ1v) is 5.94. The molecular weight excluding hydrogens is 217 g/mol. The van der Waals surface area contributed by atoms with Gasteiger partial charge in [0.05, 0.1) is 0 Å². The fourth-order valence-corrected chi connectivity index (χ4v) is 1.61. The predicted molar refractivity (Wildman–Crippen MR) is 69.7 cm³/mol. The number of nitrogens with one attached hydrogen (secondary N) is 1. The van der Waals surface area contributed by atoms with Gasteiger partial charge in [0.25, 0.3) is 0 Å². The quantitative estimate of drug-likeness (QED) is 0.738. The Morgan fingerprint density at radius 3 is 2.88 bits per heavy atom. The molecule has 0 saturated heterocycles. The van der Waals surface area contributed by atoms with E-state index in [1.807, 2.05) is 18.7 Å². The lowest BCUT2D eigenvalue weighted by atomic mass is 10.2. The number of halogens is 1. The Morgan fingerprint density at radius 1 is 1.53 bits per heavy atom. The smallest absolute Gasteiger partial charge is 0.170 e. The number of rotatable bonds is 7. The van der Waals surface area contributed by atoms with Gasteiger partial charge < -0.3 is 10.2 Å². The number of nitrogens with zero attached hydrogens (tertiary/aromatic N) is 2. The second kappa shape index (κ2) is 7.01. The maximum absolute atomic E-state index is 14.2. The summed E-state index contributed by atoms with van der Waals surface area (Å²) in [5.41, 5.74) is 0.652. The van der Waals surface area contributed by atoms with Crippen molar-refractivity contribution in [3.05, 3.63) is 36.3 Å². The molecule has 17 heavy (non-hydrogen) atoms. The van der Waals surface area contributed by atoms with Crippen LogP contribution in [0.3, 0.4) is 0 Å². The van der Waals surface area contributed by atoms with Crippen molar-refractivity contribution in [1.82, 2.24) is 10.3 Å². The summed E-state index contributed by atoms with van der Waals surface area (Å²) >= 11 is 0. The van der Waals surface area contributed by atoms with Crippen LogP contribution in [0.2, 0.25) is 0 Å². The number of pyridine rings is 1. The van der Waals surface area contributed by atoms with Crippen molar-refractivity contribution in [3.8, 4) is 0 Å². The molecule has 1 heterocycles. The van der Waals surface area contributed by atoms with E-state index >= 15 is 0 Å². The van der Waals surface area contributed by atoms with Gasteiger partial charge in [-0.1, -0.05) is 13.0 Å². The van der Waals surface area contributed by atoms with Gasteiger partial charge in [-0.15, -0.1) is 6.58 Å². The van der Waals surface area contributed by atoms with E-state index in [4.69, 9.17) is 0 Å². The lowest BCUT2D eigenvalue weighted by Gasteiger charge is -2.21. The highest BCUT2D eigenvalue weighted by Crippen LogP contribution is 2.19. The minimum absolute atomic E-state index is 0.239. The lowest BCUT2D eigenvalue weighted by Crippen LogP contribution is -2.25. The fraction of sp³-hybridized carbons (Fsp3) is 0.462. The van der Waals surface area contributed by atoms with E-state index in [1.165, 1.54) is 0 Å². The van der Waals surface area contributed by atoms with E-state index in [-0.39, 0.29) is 5.82 Å². The molecule has 0 unspecified atom stereocenters. The summed E-state index contributed by atoms with van der Waals surface area (Å²) < 4.78 is 14.2. The van der Waals surface area contributed by atoms with Crippen molar-refractivity contribution in [1.29, 1.82) is 0 Å². The highest BCUT2D eigenvalue weighted by Gasteiger charge is 2.13. The third kappa shape index (κ3) is 3.53. The van der Waals surface area contributed by atoms with Crippen LogP contribution in [-0.4, -0.2) is 24.6 Å². The molecule has 3 nitrogen and oxygen atoms in total. The van der Waals surface area contributed by atoms with Crippen molar-refractivity contribution in [3.63, 3.8) is 0 Å². The first kappa shape index (κ1) is 13.6. The molecule has 0 aromatic carbocycles. The van der Waals surface area contributed by atoms with Crippen molar-refractivity contribution < 1.29 is 4.39 Å². The molecule has 0 bridgehead atoms. The van der Waals surface area contributed by atoms with E-state index < -0.39 is 0 Å². The molecule has 4 heteroatoms. The Morgan fingerprint density at radius 2 is 2.29 bits per heavy atom. The van der Waals surface area contributed by atoms with Crippen molar-refractivity contribution in [2.45, 2.75) is 20.4 Å². The van der Waals surface area contributed by atoms with Gasteiger partial charge in [-0.2, -0.15) is 0 Å². The van der Waals surface area contributed by atoms with Crippen LogP contribution in [0, 0.1) is 5.82 Å². The Labute approximate surface area is 102 Å². The lowest BCUT2D eigenvalue weighted by molar-refractivity contribution is 0.582. The number of anilines is 1. The van der Waals surface area contributed by atoms with Crippen LogP contribution in [0.25, 0.3) is 0 Å². The van der Waals surface area contributed by atoms with E-state index in [0.29, 0.717) is 31.0 Å². The summed E-state index contributed by atoms with van der Waals surface area (Å²) in [6.07, 6.45) is 3.40. The number of hydrogen-bond donors (Lipinski definition) is 1. The van der Waals surface area contributed by atoms with Crippen LogP contribution in [-0.2, 0) is 6.54 Å². The average Bonchev–Trinajstić information content (AvgIpc) is 2.35. The standard InChI is InChI=1S/C13H20FN3/c1-4-9-17(6-3)13-12(14)11(7-8-16-13)10-15-5-2/h4,7-8,15H,1,5-6,9-10H2,2-3H3. The SMILES string of the molecule is C=CCN(CC)c1nccc(CNCC)c1F. The van der Waals surface area contributed by atoms with Gasteiger partial charge in [0, 0.05) is 31.4 Å². The van der Waals surface area contributed by atoms with Gasteiger partial charge >= 0.3 is 0 Å². The highest BCUT2D eigenvalue weighted by molar-refractivity contribution is 5.43. The zero-order valence-electron chi connectivity index (χ0n) is 10.5. The van der Waals surface area contributed by atoms with E-state index in [0.717, 1.165) is 6.54 Å². The van der Waals surface area contributed by atoms with Crippen molar-refractivity contribution in [2.24, 2.45) is 0 Å². The molecule has 0 radical (unpaired) electrons. The Kier molecular flexibility index (Phi) is 5.63. The molecule has 0 amide bonds. The predicted octanol–water partition coefficient (Wildman–Crippen LogP) is 2.34. The molecule has 0 aliphatic rings. The molecular formula is C13H20FN3. The Hall–Kier alpha value is -1.42. The molecule has 0 spiro atoms. The molecule has 0 aliphatic heterocycles. The number of hydrogen-bond acceptors (Lipinski definition) is 3. The van der Waals surface area contributed by atoms with E-state index in [9.17, 15) is 4.39 Å². The molecule has 1 aromatic heterocycles. The number of likely N-dealkylation sites (N-methyl/N-ethyl adjacent to an activating group) is 1. The maximum Gasteiger partial charge on any atom is 0.170 e. The molecule has 94 valence electrons. The zero-order chi connectivity index (χ0) is 12.7. The summed E-state index contributed by atoms with van der Waals surface area (Å²) in [7, 11) is 0. The second-order valence-electron chi connectivity index (χ2n) is 3.72. The third-order valence-corrected chi connectivity index (χ3v) is 2.55. The van der Waals surface area contributed by atoms with Crippen LogP contribution in [0.5, 0.6) is 0 Å². The van der Waals surface area contributed by atoms with Gasteiger partial charge in [0.1, 0.15) is 0 Å². The van der Waals surface area contributed by atoms with Gasteiger partial charge in [0.2, 0.25) is 0 Å². The minimum atomic E-state index is -0.239. The largest absolute Gasteiger partial charge is 0.351 e. The molecule has 1 N–H and O–H groups in total. The normalized spacial score (nSPS) is 10.3.